The topological polar surface area (TPSA) is 59.0 Å². The average molecular weight is 328 g/mol. The number of aromatic nitrogens is 2. The fraction of sp³-hybridized carbons (Fsp3) is 0.474. The molecular formula is C19H28N4O. The summed E-state index contributed by atoms with van der Waals surface area (Å²) in [7, 11) is 0. The predicted molar refractivity (Wildman–Crippen MR) is 98.3 cm³/mol. The maximum Gasteiger partial charge on any atom is 0.319 e. The van der Waals surface area contributed by atoms with Gasteiger partial charge < -0.3 is 10.6 Å². The number of rotatable bonds is 7. The van der Waals surface area contributed by atoms with Gasteiger partial charge in [-0.15, -0.1) is 0 Å². The molecule has 2 N–H and O–H groups in total. The van der Waals surface area contributed by atoms with Crippen LogP contribution in [0.25, 0.3) is 0 Å². The Morgan fingerprint density at radius 1 is 1.21 bits per heavy atom. The van der Waals surface area contributed by atoms with Crippen LogP contribution in [0.1, 0.15) is 43.6 Å². The van der Waals surface area contributed by atoms with E-state index in [4.69, 9.17) is 0 Å². The van der Waals surface area contributed by atoms with Gasteiger partial charge in [0.05, 0.1) is 12.2 Å². The van der Waals surface area contributed by atoms with Crippen molar-refractivity contribution < 1.29 is 4.79 Å². The van der Waals surface area contributed by atoms with Crippen LogP contribution in [0.15, 0.2) is 30.3 Å². The van der Waals surface area contributed by atoms with Crippen molar-refractivity contribution in [2.75, 3.05) is 11.9 Å². The van der Waals surface area contributed by atoms with Crippen molar-refractivity contribution in [2.45, 2.75) is 47.1 Å². The zero-order chi connectivity index (χ0) is 17.5. The highest BCUT2D eigenvalue weighted by atomic mass is 16.2. The van der Waals surface area contributed by atoms with Crippen LogP contribution in [0.4, 0.5) is 10.5 Å². The predicted octanol–water partition coefficient (Wildman–Crippen LogP) is 4.11. The lowest BCUT2D eigenvalue weighted by Gasteiger charge is -2.14. The van der Waals surface area contributed by atoms with E-state index in [1.165, 1.54) is 0 Å². The molecule has 0 fully saturated rings. The van der Waals surface area contributed by atoms with E-state index in [-0.39, 0.29) is 6.03 Å². The Morgan fingerprint density at radius 2 is 1.96 bits per heavy atom. The Morgan fingerprint density at radius 3 is 2.58 bits per heavy atom. The zero-order valence-electron chi connectivity index (χ0n) is 15.1. The summed E-state index contributed by atoms with van der Waals surface area (Å²) in [5.74, 6) is 0.535. The molecule has 0 spiro atoms. The molecule has 0 bridgehead atoms. The van der Waals surface area contributed by atoms with Crippen LogP contribution < -0.4 is 10.6 Å². The summed E-state index contributed by atoms with van der Waals surface area (Å²) in [5, 5.41) is 10.3. The molecule has 1 heterocycles. The van der Waals surface area contributed by atoms with Gasteiger partial charge in [-0.2, -0.15) is 5.10 Å². The largest absolute Gasteiger partial charge is 0.338 e. The molecule has 1 aromatic heterocycles. The van der Waals surface area contributed by atoms with Crippen LogP contribution in [0.3, 0.4) is 0 Å². The molecule has 0 saturated heterocycles. The molecule has 0 aliphatic heterocycles. The lowest BCUT2D eigenvalue weighted by molar-refractivity contribution is 0.249. The van der Waals surface area contributed by atoms with E-state index in [1.807, 2.05) is 42.8 Å². The van der Waals surface area contributed by atoms with Crippen LogP contribution >= 0.6 is 0 Å². The Kier molecular flexibility index (Phi) is 6.41. The monoisotopic (exact) mass is 328 g/mol. The minimum atomic E-state index is -0.148. The number of benzene rings is 1. The molecular weight excluding hydrogens is 300 g/mol. The first kappa shape index (κ1) is 18.0. The van der Waals surface area contributed by atoms with E-state index in [1.54, 1.807) is 0 Å². The number of aryl methyl sites for hydroxylation is 2. The molecule has 5 nitrogen and oxygen atoms in total. The molecule has 0 saturated carbocycles. The first-order chi connectivity index (χ1) is 11.5. The van der Waals surface area contributed by atoms with Crippen LogP contribution in [0.2, 0.25) is 0 Å². The van der Waals surface area contributed by atoms with E-state index < -0.39 is 0 Å². The van der Waals surface area contributed by atoms with Crippen molar-refractivity contribution in [3.05, 3.63) is 47.3 Å². The van der Waals surface area contributed by atoms with Gasteiger partial charge in [0.1, 0.15) is 0 Å². The van der Waals surface area contributed by atoms with E-state index in [0.717, 1.165) is 35.5 Å². The number of carbonyl (C=O) groups excluding carboxylic acids is 1. The lowest BCUT2D eigenvalue weighted by atomic mass is 10.0. The third-order valence-corrected chi connectivity index (χ3v) is 4.33. The first-order valence-electron chi connectivity index (χ1n) is 8.66. The van der Waals surface area contributed by atoms with E-state index >= 15 is 0 Å². The highest BCUT2D eigenvalue weighted by molar-refractivity contribution is 5.89. The van der Waals surface area contributed by atoms with Gasteiger partial charge in [-0.05, 0) is 43.5 Å². The standard InChI is InChI=1S/C19H28N4O/c1-5-16(6-2)12-20-19(24)21-18-9-7-8-17(11-18)13-23-15(4)10-14(3)22-23/h7-11,16H,5-6,12-13H2,1-4H3,(H2,20,21,24). The molecule has 0 aliphatic carbocycles. The van der Waals surface area contributed by atoms with E-state index in [0.29, 0.717) is 19.0 Å². The Labute approximate surface area is 144 Å². The number of hydrogen-bond acceptors (Lipinski definition) is 2. The second-order valence-corrected chi connectivity index (χ2v) is 6.30. The van der Waals surface area contributed by atoms with E-state index in [2.05, 4.69) is 35.6 Å². The summed E-state index contributed by atoms with van der Waals surface area (Å²) in [5.41, 5.74) is 4.06. The number of urea groups is 1. The molecule has 2 rings (SSSR count). The third-order valence-electron chi connectivity index (χ3n) is 4.33. The summed E-state index contributed by atoms with van der Waals surface area (Å²) < 4.78 is 1.97. The molecule has 24 heavy (non-hydrogen) atoms. The molecule has 2 amide bonds. The first-order valence-corrected chi connectivity index (χ1v) is 8.66. The van der Waals surface area contributed by atoms with Gasteiger partial charge in [0, 0.05) is 17.9 Å². The van der Waals surface area contributed by atoms with Gasteiger partial charge in [-0.25, -0.2) is 4.79 Å². The maximum atomic E-state index is 12.0. The van der Waals surface area contributed by atoms with Gasteiger partial charge in [0.2, 0.25) is 0 Å². The summed E-state index contributed by atoms with van der Waals surface area (Å²) in [6, 6.07) is 9.81. The number of nitrogens with zero attached hydrogens (tertiary/aromatic N) is 2. The van der Waals surface area contributed by atoms with Crippen LogP contribution in [0.5, 0.6) is 0 Å². The summed E-state index contributed by atoms with van der Waals surface area (Å²) >= 11 is 0. The molecule has 0 unspecified atom stereocenters. The minimum Gasteiger partial charge on any atom is -0.338 e. The van der Waals surface area contributed by atoms with Gasteiger partial charge in [0.15, 0.2) is 0 Å². The van der Waals surface area contributed by atoms with E-state index in [9.17, 15) is 4.79 Å². The lowest BCUT2D eigenvalue weighted by Crippen LogP contribution is -2.32. The van der Waals surface area contributed by atoms with Gasteiger partial charge in [-0.1, -0.05) is 38.8 Å². The quantitative estimate of drug-likeness (QED) is 0.803. The SMILES string of the molecule is CCC(CC)CNC(=O)Nc1cccc(Cn2nc(C)cc2C)c1. The fourth-order valence-electron chi connectivity index (χ4n) is 2.75. The molecule has 2 aromatic rings. The van der Waals surface area contributed by atoms with Crippen molar-refractivity contribution in [2.24, 2.45) is 5.92 Å². The zero-order valence-corrected chi connectivity index (χ0v) is 15.1. The highest BCUT2D eigenvalue weighted by Crippen LogP contribution is 2.13. The molecule has 1 aromatic carbocycles. The van der Waals surface area contributed by atoms with Crippen molar-refractivity contribution >= 4 is 11.7 Å². The number of nitrogens with one attached hydrogen (secondary N) is 2. The van der Waals surface area contributed by atoms with Gasteiger partial charge in [0.25, 0.3) is 0 Å². The summed E-state index contributed by atoms with van der Waals surface area (Å²) in [6.45, 7) is 9.75. The normalized spacial score (nSPS) is 10.9. The number of anilines is 1. The molecule has 130 valence electrons. The summed E-state index contributed by atoms with van der Waals surface area (Å²) in [6.07, 6.45) is 2.16. The van der Waals surface area contributed by atoms with Crippen molar-refractivity contribution in [3.8, 4) is 0 Å². The fourth-order valence-corrected chi connectivity index (χ4v) is 2.75. The van der Waals surface area contributed by atoms with Crippen LogP contribution in [-0.2, 0) is 6.54 Å². The number of carbonyl (C=O) groups is 1. The molecule has 0 atom stereocenters. The molecule has 0 aliphatic rings. The third kappa shape index (κ3) is 5.11. The van der Waals surface area contributed by atoms with Crippen molar-refractivity contribution in [1.29, 1.82) is 0 Å². The number of amides is 2. The highest BCUT2D eigenvalue weighted by Gasteiger charge is 2.07. The van der Waals surface area contributed by atoms with Gasteiger partial charge >= 0.3 is 6.03 Å². The molecule has 5 heteroatoms. The van der Waals surface area contributed by atoms with Crippen LogP contribution in [-0.4, -0.2) is 22.4 Å². The average Bonchev–Trinajstić information content (AvgIpc) is 2.86. The van der Waals surface area contributed by atoms with Gasteiger partial charge in [-0.3, -0.25) is 4.68 Å². The second kappa shape index (κ2) is 8.52. The van der Waals surface area contributed by atoms with Crippen molar-refractivity contribution in [1.82, 2.24) is 15.1 Å². The minimum absolute atomic E-state index is 0.148. The Bertz CT molecular complexity index is 674. The molecule has 0 radical (unpaired) electrons. The summed E-state index contributed by atoms with van der Waals surface area (Å²) in [4.78, 5) is 12.0. The van der Waals surface area contributed by atoms with Crippen molar-refractivity contribution in [3.63, 3.8) is 0 Å². The second-order valence-electron chi connectivity index (χ2n) is 6.30. The Hall–Kier alpha value is -2.30. The number of hydrogen-bond donors (Lipinski definition) is 2. The smallest absolute Gasteiger partial charge is 0.319 e. The maximum absolute atomic E-state index is 12.0. The van der Waals surface area contributed by atoms with Crippen LogP contribution in [0, 0.1) is 19.8 Å². The Balaban J connectivity index is 1.95.